The zero-order chi connectivity index (χ0) is 11.7. The number of benzene rings is 1. The van der Waals surface area contributed by atoms with Gasteiger partial charge in [0.1, 0.15) is 0 Å². The van der Waals surface area contributed by atoms with Gasteiger partial charge in [0, 0.05) is 0 Å². The van der Waals surface area contributed by atoms with Gasteiger partial charge < -0.3 is 14.3 Å². The van der Waals surface area contributed by atoms with E-state index in [0.29, 0.717) is 0 Å². The first kappa shape index (κ1) is 10.8. The lowest BCUT2D eigenvalue weighted by Crippen LogP contribution is -2.04. The summed E-state index contributed by atoms with van der Waals surface area (Å²) in [4.78, 5) is 15.1. The molecule has 1 N–H and O–H groups in total. The molecule has 1 aromatic carbocycles. The van der Waals surface area contributed by atoms with Gasteiger partial charge in [-0.2, -0.15) is 4.98 Å². The number of carbonyl (C=O) groups excluding carboxylic acids is 1. The van der Waals surface area contributed by atoms with Crippen LogP contribution in [0.3, 0.4) is 0 Å². The summed E-state index contributed by atoms with van der Waals surface area (Å²) in [5.41, 5.74) is 0.431. The molecule has 0 aliphatic heterocycles. The van der Waals surface area contributed by atoms with Crippen LogP contribution < -0.4 is 0 Å². The monoisotopic (exact) mass is 241 g/mol. The van der Waals surface area contributed by atoms with E-state index in [4.69, 9.17) is 20.8 Å². The van der Waals surface area contributed by atoms with E-state index in [1.807, 2.05) is 0 Å². The van der Waals surface area contributed by atoms with Crippen molar-refractivity contribution in [1.82, 2.24) is 4.98 Å². The van der Waals surface area contributed by atoms with Gasteiger partial charge in [-0.05, 0) is 19.1 Å². The van der Waals surface area contributed by atoms with Crippen LogP contribution in [0, 0.1) is 0 Å². The van der Waals surface area contributed by atoms with Gasteiger partial charge in [-0.1, -0.05) is 11.6 Å². The van der Waals surface area contributed by atoms with Crippen LogP contribution in [-0.2, 0) is 4.74 Å². The van der Waals surface area contributed by atoms with Gasteiger partial charge in [-0.3, -0.25) is 0 Å². The summed E-state index contributed by atoms with van der Waals surface area (Å²) in [7, 11) is 0. The maximum Gasteiger partial charge on any atom is 0.394 e. The number of hydrogen-bond donors (Lipinski definition) is 1. The topological polar surface area (TPSA) is 72.6 Å². The molecule has 1 aromatic heterocycles. The number of nitrogens with zero attached hydrogens (tertiary/aromatic N) is 1. The number of esters is 1. The van der Waals surface area contributed by atoms with Crippen molar-refractivity contribution in [3.05, 3.63) is 23.0 Å². The van der Waals surface area contributed by atoms with Crippen LogP contribution >= 0.6 is 11.6 Å². The van der Waals surface area contributed by atoms with Gasteiger partial charge in [-0.15, -0.1) is 0 Å². The van der Waals surface area contributed by atoms with Crippen LogP contribution in [0.2, 0.25) is 5.02 Å². The molecule has 0 spiro atoms. The van der Waals surface area contributed by atoms with E-state index < -0.39 is 5.97 Å². The summed E-state index contributed by atoms with van der Waals surface area (Å²) in [5, 5.41) is 9.73. The van der Waals surface area contributed by atoms with Gasteiger partial charge in [-0.25, -0.2) is 4.79 Å². The van der Waals surface area contributed by atoms with Crippen molar-refractivity contribution in [3.63, 3.8) is 0 Å². The molecule has 5 nitrogen and oxygen atoms in total. The smallest absolute Gasteiger partial charge is 0.394 e. The van der Waals surface area contributed by atoms with Gasteiger partial charge in [0.25, 0.3) is 0 Å². The molecule has 0 radical (unpaired) electrons. The average molecular weight is 242 g/mol. The number of halogens is 1. The third kappa shape index (κ3) is 1.69. The summed E-state index contributed by atoms with van der Waals surface area (Å²) < 4.78 is 9.83. The SMILES string of the molecule is CCOC(=O)c1nc2c(O)c(Cl)ccc2o1. The first-order valence-electron chi connectivity index (χ1n) is 4.58. The number of aromatic nitrogens is 1. The molecule has 6 heteroatoms. The number of aromatic hydroxyl groups is 1. The van der Waals surface area contributed by atoms with E-state index in [1.165, 1.54) is 12.1 Å². The second kappa shape index (κ2) is 4.02. The maximum absolute atomic E-state index is 11.3. The molecular formula is C10H8ClNO4. The zero-order valence-corrected chi connectivity index (χ0v) is 9.11. The Labute approximate surface area is 95.6 Å². The Kier molecular flexibility index (Phi) is 2.70. The van der Waals surface area contributed by atoms with Crippen LogP contribution in [0.15, 0.2) is 16.5 Å². The number of ether oxygens (including phenoxy) is 1. The number of fused-ring (bicyclic) bond motifs is 1. The number of carbonyl (C=O) groups is 1. The molecule has 0 saturated heterocycles. The van der Waals surface area contributed by atoms with Gasteiger partial charge in [0.05, 0.1) is 11.6 Å². The number of phenolic OH excluding ortho intramolecular Hbond substituents is 1. The fraction of sp³-hybridized carbons (Fsp3) is 0.200. The molecule has 2 rings (SSSR count). The molecule has 0 atom stereocenters. The molecule has 16 heavy (non-hydrogen) atoms. The molecule has 0 aliphatic carbocycles. The van der Waals surface area contributed by atoms with E-state index >= 15 is 0 Å². The van der Waals surface area contributed by atoms with Gasteiger partial charge >= 0.3 is 11.9 Å². The van der Waals surface area contributed by atoms with E-state index in [2.05, 4.69) is 4.98 Å². The van der Waals surface area contributed by atoms with E-state index in [9.17, 15) is 9.90 Å². The molecule has 0 bridgehead atoms. The minimum Gasteiger partial charge on any atom is -0.504 e. The largest absolute Gasteiger partial charge is 0.504 e. The van der Waals surface area contributed by atoms with Crippen molar-refractivity contribution >= 4 is 28.7 Å². The third-order valence-corrected chi connectivity index (χ3v) is 2.24. The highest BCUT2D eigenvalue weighted by molar-refractivity contribution is 6.33. The summed E-state index contributed by atoms with van der Waals surface area (Å²) in [6.45, 7) is 1.90. The highest BCUT2D eigenvalue weighted by atomic mass is 35.5. The molecule has 84 valence electrons. The van der Waals surface area contributed by atoms with Crippen LogP contribution in [0.5, 0.6) is 5.75 Å². The minimum atomic E-state index is -0.672. The summed E-state index contributed by atoms with van der Waals surface area (Å²) >= 11 is 5.69. The lowest BCUT2D eigenvalue weighted by atomic mass is 10.3. The number of phenols is 1. The second-order valence-corrected chi connectivity index (χ2v) is 3.39. The fourth-order valence-electron chi connectivity index (χ4n) is 1.24. The summed E-state index contributed by atoms with van der Waals surface area (Å²) in [5.74, 6) is -1.08. The van der Waals surface area contributed by atoms with Crippen molar-refractivity contribution < 1.29 is 19.1 Å². The van der Waals surface area contributed by atoms with Crippen molar-refractivity contribution in [2.75, 3.05) is 6.61 Å². The minimum absolute atomic E-state index is 0.149. The maximum atomic E-state index is 11.3. The van der Waals surface area contributed by atoms with Crippen molar-refractivity contribution in [1.29, 1.82) is 0 Å². The fourth-order valence-corrected chi connectivity index (χ4v) is 1.39. The lowest BCUT2D eigenvalue weighted by Gasteiger charge is -1.94. The summed E-state index contributed by atoms with van der Waals surface area (Å²) in [6, 6.07) is 2.98. The molecule has 0 fully saturated rings. The predicted molar refractivity (Wildman–Crippen MR) is 56.6 cm³/mol. The van der Waals surface area contributed by atoms with Gasteiger partial charge in [0.15, 0.2) is 16.8 Å². The molecular weight excluding hydrogens is 234 g/mol. The lowest BCUT2D eigenvalue weighted by molar-refractivity contribution is 0.0483. The molecule has 0 amide bonds. The Balaban J connectivity index is 2.52. The first-order chi connectivity index (χ1) is 7.63. The number of hydrogen-bond acceptors (Lipinski definition) is 5. The Morgan fingerprint density at radius 3 is 3.06 bits per heavy atom. The molecule has 0 unspecified atom stereocenters. The highest BCUT2D eigenvalue weighted by Crippen LogP contribution is 2.32. The average Bonchev–Trinajstić information content (AvgIpc) is 2.69. The zero-order valence-electron chi connectivity index (χ0n) is 8.36. The predicted octanol–water partition coefficient (Wildman–Crippen LogP) is 2.36. The van der Waals surface area contributed by atoms with Crippen molar-refractivity contribution in [2.45, 2.75) is 6.92 Å². The molecule has 2 aromatic rings. The van der Waals surface area contributed by atoms with Crippen LogP contribution in [0.4, 0.5) is 0 Å². The van der Waals surface area contributed by atoms with E-state index in [-0.39, 0.29) is 34.4 Å². The Morgan fingerprint density at radius 2 is 2.38 bits per heavy atom. The van der Waals surface area contributed by atoms with Crippen LogP contribution in [0.1, 0.15) is 17.6 Å². The van der Waals surface area contributed by atoms with Crippen LogP contribution in [-0.4, -0.2) is 22.7 Å². The van der Waals surface area contributed by atoms with Gasteiger partial charge in [0.2, 0.25) is 0 Å². The molecule has 0 saturated carbocycles. The Morgan fingerprint density at radius 1 is 1.62 bits per heavy atom. The van der Waals surface area contributed by atoms with E-state index in [1.54, 1.807) is 6.92 Å². The van der Waals surface area contributed by atoms with Crippen molar-refractivity contribution in [3.8, 4) is 5.75 Å². The molecule has 0 aliphatic rings. The Bertz CT molecular complexity index is 549. The normalized spacial score (nSPS) is 10.6. The number of rotatable bonds is 2. The first-order valence-corrected chi connectivity index (χ1v) is 4.96. The Hall–Kier alpha value is -1.75. The van der Waals surface area contributed by atoms with Crippen LogP contribution in [0.25, 0.3) is 11.1 Å². The standard InChI is InChI=1S/C10H8ClNO4/c1-2-15-10(14)9-12-7-6(16-9)4-3-5(11)8(7)13/h3-4,13H,2H2,1H3. The molecule has 1 heterocycles. The third-order valence-electron chi connectivity index (χ3n) is 1.93. The van der Waals surface area contributed by atoms with E-state index in [0.717, 1.165) is 0 Å². The second-order valence-electron chi connectivity index (χ2n) is 2.98. The van der Waals surface area contributed by atoms with Crippen molar-refractivity contribution in [2.24, 2.45) is 0 Å². The highest BCUT2D eigenvalue weighted by Gasteiger charge is 2.18. The quantitative estimate of drug-likeness (QED) is 0.817. The summed E-state index contributed by atoms with van der Waals surface area (Å²) in [6.07, 6.45) is 0. The number of oxazole rings is 1.